The molecule has 0 aliphatic carbocycles. The first kappa shape index (κ1) is 28.8. The summed E-state index contributed by atoms with van der Waals surface area (Å²) in [5.74, 6) is 1.23. The van der Waals surface area contributed by atoms with Crippen molar-refractivity contribution in [3.63, 3.8) is 0 Å². The zero-order valence-electron chi connectivity index (χ0n) is 23.1. The van der Waals surface area contributed by atoms with Gasteiger partial charge in [0.1, 0.15) is 17.1 Å². The van der Waals surface area contributed by atoms with Gasteiger partial charge in [-0.15, -0.1) is 0 Å². The van der Waals surface area contributed by atoms with Gasteiger partial charge >= 0.3 is 6.09 Å². The van der Waals surface area contributed by atoms with Crippen molar-refractivity contribution in [1.29, 1.82) is 0 Å². The smallest absolute Gasteiger partial charge is 0.407 e. The Hall–Kier alpha value is -3.80. The lowest BCUT2D eigenvalue weighted by molar-refractivity contribution is 0.0999. The fraction of sp³-hybridized carbons (Fsp3) is 0.538. The zero-order chi connectivity index (χ0) is 27.9. The van der Waals surface area contributed by atoms with Crippen molar-refractivity contribution in [1.82, 2.24) is 24.6 Å². The number of imidazole rings is 1. The monoisotopic (exact) mass is 529 g/mol. The molecule has 208 valence electrons. The second-order valence-corrected chi connectivity index (χ2v) is 9.96. The lowest BCUT2D eigenvalue weighted by Crippen LogP contribution is -2.41. The summed E-state index contributed by atoms with van der Waals surface area (Å²) in [7, 11) is 1.63. The van der Waals surface area contributed by atoms with Crippen molar-refractivity contribution < 1.29 is 23.8 Å². The molecule has 38 heavy (non-hydrogen) atoms. The SMILES string of the molecule is CCn1nc(C)cc1Nc1nc2cc(C(N)=O)cc(OCCCOC)c2n1CCCOC(=O)NC(C)(C)C. The van der Waals surface area contributed by atoms with E-state index in [0.717, 1.165) is 11.5 Å². The molecule has 2 amide bonds. The number of nitrogens with one attached hydrogen (secondary N) is 2. The third-order valence-electron chi connectivity index (χ3n) is 5.52. The average molecular weight is 530 g/mol. The number of hydrogen-bond donors (Lipinski definition) is 3. The number of benzene rings is 1. The molecule has 0 aliphatic rings. The summed E-state index contributed by atoms with van der Waals surface area (Å²) in [6.45, 7) is 11.9. The molecule has 0 spiro atoms. The summed E-state index contributed by atoms with van der Waals surface area (Å²) in [6, 6.07) is 5.22. The average Bonchev–Trinajstić information content (AvgIpc) is 3.37. The minimum Gasteiger partial charge on any atom is -0.491 e. The van der Waals surface area contributed by atoms with Crippen LogP contribution in [0.4, 0.5) is 16.6 Å². The van der Waals surface area contributed by atoms with Gasteiger partial charge in [0, 0.05) is 50.4 Å². The number of primary amides is 1. The van der Waals surface area contributed by atoms with E-state index in [1.165, 1.54) is 0 Å². The fourth-order valence-corrected chi connectivity index (χ4v) is 3.91. The molecule has 12 heteroatoms. The van der Waals surface area contributed by atoms with E-state index in [0.29, 0.717) is 67.4 Å². The number of rotatable bonds is 13. The van der Waals surface area contributed by atoms with Crippen LogP contribution in [0.15, 0.2) is 18.2 Å². The van der Waals surface area contributed by atoms with Gasteiger partial charge in [-0.3, -0.25) is 4.79 Å². The Morgan fingerprint density at radius 3 is 2.53 bits per heavy atom. The van der Waals surface area contributed by atoms with Crippen molar-refractivity contribution in [3.8, 4) is 5.75 Å². The maximum absolute atomic E-state index is 12.1. The highest BCUT2D eigenvalue weighted by Gasteiger charge is 2.20. The number of methoxy groups -OCH3 is 1. The minimum absolute atomic E-state index is 0.205. The maximum atomic E-state index is 12.1. The number of ether oxygens (including phenoxy) is 3. The summed E-state index contributed by atoms with van der Waals surface area (Å²) in [4.78, 5) is 28.9. The number of nitrogens with zero attached hydrogens (tertiary/aromatic N) is 4. The lowest BCUT2D eigenvalue weighted by Gasteiger charge is -2.20. The number of aryl methyl sites for hydroxylation is 3. The summed E-state index contributed by atoms with van der Waals surface area (Å²) in [5, 5.41) is 10.7. The Labute approximate surface area is 222 Å². The topological polar surface area (TPSA) is 148 Å². The predicted octanol–water partition coefficient (Wildman–Crippen LogP) is 3.73. The molecule has 2 heterocycles. The quantitative estimate of drug-likeness (QED) is 0.284. The van der Waals surface area contributed by atoms with Gasteiger partial charge in [0.25, 0.3) is 0 Å². The van der Waals surface area contributed by atoms with Crippen LogP contribution in [0.1, 0.15) is 56.6 Å². The highest BCUT2D eigenvalue weighted by molar-refractivity contribution is 5.99. The van der Waals surface area contributed by atoms with E-state index in [2.05, 4.69) is 15.7 Å². The number of carbonyl (C=O) groups excluding carboxylic acids is 2. The molecule has 0 fully saturated rings. The number of nitrogens with two attached hydrogens (primary N) is 1. The van der Waals surface area contributed by atoms with Gasteiger partial charge in [-0.25, -0.2) is 14.5 Å². The molecule has 0 saturated carbocycles. The summed E-state index contributed by atoms with van der Waals surface area (Å²) < 4.78 is 20.4. The van der Waals surface area contributed by atoms with Crippen LogP contribution >= 0.6 is 0 Å². The van der Waals surface area contributed by atoms with Crippen LogP contribution in [0.5, 0.6) is 5.75 Å². The number of aromatic nitrogens is 4. The number of fused-ring (bicyclic) bond motifs is 1. The molecule has 1 aromatic carbocycles. The van der Waals surface area contributed by atoms with Crippen molar-refractivity contribution in [3.05, 3.63) is 29.5 Å². The van der Waals surface area contributed by atoms with Crippen LogP contribution in [-0.2, 0) is 22.6 Å². The Kier molecular flexibility index (Phi) is 9.56. The van der Waals surface area contributed by atoms with E-state index >= 15 is 0 Å². The molecule has 3 aromatic rings. The van der Waals surface area contributed by atoms with Crippen LogP contribution in [0.2, 0.25) is 0 Å². The second kappa shape index (κ2) is 12.6. The highest BCUT2D eigenvalue weighted by atomic mass is 16.5. The third-order valence-corrected chi connectivity index (χ3v) is 5.52. The minimum atomic E-state index is -0.573. The molecular formula is C26H39N7O5. The van der Waals surface area contributed by atoms with Gasteiger partial charge in [0.15, 0.2) is 0 Å². The van der Waals surface area contributed by atoms with E-state index in [1.807, 2.05) is 49.9 Å². The first-order valence-electron chi connectivity index (χ1n) is 12.7. The molecule has 0 atom stereocenters. The van der Waals surface area contributed by atoms with Crippen molar-refractivity contribution >= 4 is 34.8 Å². The normalized spacial score (nSPS) is 11.5. The molecule has 0 bridgehead atoms. The molecule has 0 saturated heterocycles. The van der Waals surface area contributed by atoms with Gasteiger partial charge in [0.2, 0.25) is 11.9 Å². The number of amides is 2. The van der Waals surface area contributed by atoms with E-state index in [-0.39, 0.29) is 12.1 Å². The van der Waals surface area contributed by atoms with Crippen LogP contribution in [0.25, 0.3) is 11.0 Å². The molecule has 0 radical (unpaired) electrons. The number of hydrogen-bond acceptors (Lipinski definition) is 8. The molecule has 12 nitrogen and oxygen atoms in total. The molecule has 4 N–H and O–H groups in total. The standard InChI is InChI=1S/C26H39N7O5/c1-7-33-21(14-17(2)31-33)29-24-28-19-15-18(23(27)34)16-20(37-13-9-11-36-6)22(19)32(24)10-8-12-38-25(35)30-26(3,4)5/h14-16H,7-13H2,1-6H3,(H2,27,34)(H,28,29)(H,30,35). The molecule has 2 aromatic heterocycles. The van der Waals surface area contributed by atoms with E-state index < -0.39 is 12.0 Å². The molecular weight excluding hydrogens is 490 g/mol. The molecule has 0 unspecified atom stereocenters. The maximum Gasteiger partial charge on any atom is 0.407 e. The van der Waals surface area contributed by atoms with Crippen LogP contribution in [-0.4, -0.2) is 63.8 Å². The van der Waals surface area contributed by atoms with Crippen LogP contribution < -0.4 is 21.1 Å². The van der Waals surface area contributed by atoms with Crippen LogP contribution in [0.3, 0.4) is 0 Å². The van der Waals surface area contributed by atoms with E-state index in [9.17, 15) is 9.59 Å². The fourth-order valence-electron chi connectivity index (χ4n) is 3.91. The van der Waals surface area contributed by atoms with Crippen molar-refractivity contribution in [2.24, 2.45) is 5.73 Å². The number of carbonyl (C=O) groups is 2. The zero-order valence-corrected chi connectivity index (χ0v) is 23.1. The van der Waals surface area contributed by atoms with Gasteiger partial charge in [-0.1, -0.05) is 0 Å². The summed E-state index contributed by atoms with van der Waals surface area (Å²) >= 11 is 0. The van der Waals surface area contributed by atoms with Crippen molar-refractivity contribution in [2.75, 3.05) is 32.2 Å². The third kappa shape index (κ3) is 7.60. The van der Waals surface area contributed by atoms with E-state index in [1.54, 1.807) is 19.2 Å². The number of alkyl carbamates (subject to hydrolysis) is 1. The molecule has 3 rings (SSSR count). The van der Waals surface area contributed by atoms with Crippen molar-refractivity contribution in [2.45, 2.75) is 66.1 Å². The Bertz CT molecular complexity index is 1260. The Morgan fingerprint density at radius 1 is 1.11 bits per heavy atom. The largest absolute Gasteiger partial charge is 0.491 e. The summed E-state index contributed by atoms with van der Waals surface area (Å²) in [6.07, 6.45) is 0.718. The Morgan fingerprint density at radius 2 is 1.87 bits per heavy atom. The van der Waals surface area contributed by atoms with Gasteiger partial charge in [-0.05, 0) is 53.2 Å². The van der Waals surface area contributed by atoms with E-state index in [4.69, 9.17) is 24.9 Å². The first-order chi connectivity index (χ1) is 18.0. The number of anilines is 2. The van der Waals surface area contributed by atoms with Crippen LogP contribution in [0, 0.1) is 6.92 Å². The lowest BCUT2D eigenvalue weighted by atomic mass is 10.1. The van der Waals surface area contributed by atoms with Gasteiger partial charge in [0.05, 0.1) is 24.4 Å². The Balaban J connectivity index is 1.96. The predicted molar refractivity (Wildman–Crippen MR) is 145 cm³/mol. The van der Waals surface area contributed by atoms with Gasteiger partial charge in [-0.2, -0.15) is 5.10 Å². The first-order valence-corrected chi connectivity index (χ1v) is 12.7. The highest BCUT2D eigenvalue weighted by Crippen LogP contribution is 2.32. The summed E-state index contributed by atoms with van der Waals surface area (Å²) in [5.41, 5.74) is 7.63. The van der Waals surface area contributed by atoms with Gasteiger partial charge < -0.3 is 35.1 Å². The molecule has 0 aliphatic heterocycles. The second-order valence-electron chi connectivity index (χ2n) is 9.96.